The Bertz CT molecular complexity index is 1240. The Kier molecular flexibility index (Phi) is 5.06. The third kappa shape index (κ3) is 3.38. The van der Waals surface area contributed by atoms with Crippen LogP contribution >= 0.6 is 0 Å². The van der Waals surface area contributed by atoms with E-state index in [9.17, 15) is 15.0 Å². The molecule has 0 heterocycles. The summed E-state index contributed by atoms with van der Waals surface area (Å²) in [5, 5.41) is 18.6. The van der Waals surface area contributed by atoms with Crippen molar-refractivity contribution in [1.29, 1.82) is 0 Å². The molecule has 156 valence electrons. The number of benzene rings is 4. The monoisotopic (exact) mass is 418 g/mol. The van der Waals surface area contributed by atoms with Crippen LogP contribution in [0.3, 0.4) is 0 Å². The molecule has 3 heteroatoms. The molecule has 4 aromatic rings. The number of hydrogen-bond acceptors (Lipinski definition) is 3. The number of aliphatic hydroxyl groups excluding tert-OH is 2. The fourth-order valence-corrected chi connectivity index (χ4v) is 4.24. The molecule has 0 aromatic heterocycles. The van der Waals surface area contributed by atoms with Gasteiger partial charge in [0.15, 0.2) is 5.78 Å². The van der Waals surface area contributed by atoms with Gasteiger partial charge < -0.3 is 10.2 Å². The van der Waals surface area contributed by atoms with Gasteiger partial charge in [0.1, 0.15) is 0 Å². The highest BCUT2D eigenvalue weighted by molar-refractivity contribution is 6.34. The molecular formula is C29H22O3. The number of rotatable bonds is 4. The van der Waals surface area contributed by atoms with E-state index < -0.39 is 0 Å². The summed E-state index contributed by atoms with van der Waals surface area (Å²) in [7, 11) is 0. The van der Waals surface area contributed by atoms with E-state index in [-0.39, 0.29) is 19.0 Å². The molecule has 1 aliphatic rings. The third-order valence-corrected chi connectivity index (χ3v) is 6.11. The van der Waals surface area contributed by atoms with Crippen LogP contribution in [0.4, 0.5) is 0 Å². The summed E-state index contributed by atoms with van der Waals surface area (Å²) in [6.07, 6.45) is 0. The van der Waals surface area contributed by atoms with E-state index in [1.807, 2.05) is 72.8 Å². The van der Waals surface area contributed by atoms with Gasteiger partial charge in [0, 0.05) is 11.1 Å². The summed E-state index contributed by atoms with van der Waals surface area (Å²) in [5.74, 6) is -0.0465. The minimum atomic E-state index is -0.0465. The van der Waals surface area contributed by atoms with Crippen LogP contribution in [0.5, 0.6) is 0 Å². The lowest BCUT2D eigenvalue weighted by atomic mass is 9.80. The van der Waals surface area contributed by atoms with Crippen molar-refractivity contribution in [1.82, 2.24) is 0 Å². The average Bonchev–Trinajstić information content (AvgIpc) is 2.86. The van der Waals surface area contributed by atoms with E-state index in [0.29, 0.717) is 11.1 Å². The molecule has 0 bridgehead atoms. The second-order valence-electron chi connectivity index (χ2n) is 8.04. The Hall–Kier alpha value is -3.79. The number of ketones is 1. The van der Waals surface area contributed by atoms with E-state index in [2.05, 4.69) is 18.7 Å². The molecule has 2 N–H and O–H groups in total. The van der Waals surface area contributed by atoms with Gasteiger partial charge in [-0.3, -0.25) is 4.79 Å². The van der Waals surface area contributed by atoms with Gasteiger partial charge in [0.25, 0.3) is 0 Å². The quantitative estimate of drug-likeness (QED) is 0.407. The van der Waals surface area contributed by atoms with Crippen molar-refractivity contribution in [3.63, 3.8) is 0 Å². The Morgan fingerprint density at radius 3 is 1.41 bits per heavy atom. The molecule has 0 atom stereocenters. The molecule has 1 aliphatic carbocycles. The van der Waals surface area contributed by atoms with Crippen molar-refractivity contribution in [2.24, 2.45) is 0 Å². The summed E-state index contributed by atoms with van der Waals surface area (Å²) >= 11 is 0. The Balaban J connectivity index is 1.64. The largest absolute Gasteiger partial charge is 0.392 e. The van der Waals surface area contributed by atoms with Crippen LogP contribution in [0.15, 0.2) is 91.5 Å². The van der Waals surface area contributed by atoms with Gasteiger partial charge in [-0.1, -0.05) is 73.3 Å². The van der Waals surface area contributed by atoms with E-state index in [0.717, 1.165) is 50.1 Å². The first-order chi connectivity index (χ1) is 15.6. The SMILES string of the molecule is C=C1C(=O)c2ccc(-c3ccc(CO)cc3)cc2-c2cc(-c3ccc(CO)cc3)ccc21. The first-order valence-electron chi connectivity index (χ1n) is 10.5. The Morgan fingerprint density at radius 2 is 0.938 bits per heavy atom. The Labute approximate surface area is 186 Å². The number of aliphatic hydroxyl groups is 2. The van der Waals surface area contributed by atoms with Crippen LogP contribution in [0.1, 0.15) is 27.0 Å². The van der Waals surface area contributed by atoms with E-state index in [1.165, 1.54) is 0 Å². The van der Waals surface area contributed by atoms with E-state index in [1.54, 1.807) is 0 Å². The lowest BCUT2D eigenvalue weighted by Gasteiger charge is -2.22. The molecule has 0 aliphatic heterocycles. The maximum absolute atomic E-state index is 13.0. The van der Waals surface area contributed by atoms with Gasteiger partial charge in [0.2, 0.25) is 0 Å². The first kappa shape index (κ1) is 20.1. The Morgan fingerprint density at radius 1 is 0.531 bits per heavy atom. The summed E-state index contributed by atoms with van der Waals surface area (Å²) < 4.78 is 0. The summed E-state index contributed by atoms with van der Waals surface area (Å²) in [4.78, 5) is 13.0. The highest BCUT2D eigenvalue weighted by Gasteiger charge is 2.26. The standard InChI is InChI=1S/C29H22O3/c1-18-25-12-10-23(21-6-2-19(16-30)3-7-21)14-27(25)28-15-24(11-13-26(28)29(18)32)22-8-4-20(17-31)5-9-22/h2-15,30-31H,1,16-17H2. The second-order valence-corrected chi connectivity index (χ2v) is 8.04. The van der Waals surface area contributed by atoms with Crippen molar-refractivity contribution in [2.75, 3.05) is 0 Å². The van der Waals surface area contributed by atoms with Crippen LogP contribution in [0, 0.1) is 0 Å². The number of carbonyl (C=O) groups is 1. The number of carbonyl (C=O) groups excluding carboxylic acids is 1. The molecule has 0 spiro atoms. The summed E-state index contributed by atoms with van der Waals surface area (Å²) in [5.41, 5.74) is 9.76. The normalized spacial score (nSPS) is 12.4. The molecule has 0 saturated heterocycles. The fourth-order valence-electron chi connectivity index (χ4n) is 4.24. The lowest BCUT2D eigenvalue weighted by molar-refractivity contribution is 0.105. The maximum Gasteiger partial charge on any atom is 0.193 e. The molecule has 0 fully saturated rings. The van der Waals surface area contributed by atoms with Gasteiger partial charge in [0.05, 0.1) is 13.2 Å². The predicted molar refractivity (Wildman–Crippen MR) is 128 cm³/mol. The highest BCUT2D eigenvalue weighted by Crippen LogP contribution is 2.42. The van der Waals surface area contributed by atoms with Gasteiger partial charge in [-0.2, -0.15) is 0 Å². The molecule has 3 nitrogen and oxygen atoms in total. The van der Waals surface area contributed by atoms with Crippen molar-refractivity contribution < 1.29 is 15.0 Å². The zero-order valence-corrected chi connectivity index (χ0v) is 17.5. The molecule has 4 aromatic carbocycles. The van der Waals surface area contributed by atoms with E-state index >= 15 is 0 Å². The maximum atomic E-state index is 13.0. The number of hydrogen-bond donors (Lipinski definition) is 2. The van der Waals surface area contributed by atoms with Crippen molar-refractivity contribution in [3.05, 3.63) is 114 Å². The number of fused-ring (bicyclic) bond motifs is 3. The summed E-state index contributed by atoms with van der Waals surface area (Å²) in [6, 6.07) is 27.6. The van der Waals surface area contributed by atoms with Crippen LogP contribution in [-0.4, -0.2) is 16.0 Å². The molecule has 32 heavy (non-hydrogen) atoms. The van der Waals surface area contributed by atoms with Crippen LogP contribution < -0.4 is 0 Å². The lowest BCUT2D eigenvalue weighted by Crippen LogP contribution is -2.11. The molecule has 0 amide bonds. The molecule has 0 saturated carbocycles. The van der Waals surface area contributed by atoms with Crippen molar-refractivity contribution in [2.45, 2.75) is 13.2 Å². The number of allylic oxidation sites excluding steroid dienone is 1. The van der Waals surface area contributed by atoms with Crippen LogP contribution in [-0.2, 0) is 13.2 Å². The second kappa shape index (κ2) is 8.04. The molecule has 0 radical (unpaired) electrons. The molecular weight excluding hydrogens is 396 g/mol. The van der Waals surface area contributed by atoms with Crippen LogP contribution in [0.2, 0.25) is 0 Å². The predicted octanol–water partition coefficient (Wildman–Crippen LogP) is 5.88. The number of Topliss-reactive ketones (excluding diaryl/α,β-unsaturated/α-hetero) is 1. The third-order valence-electron chi connectivity index (χ3n) is 6.11. The first-order valence-corrected chi connectivity index (χ1v) is 10.5. The van der Waals surface area contributed by atoms with Gasteiger partial charge in [-0.25, -0.2) is 0 Å². The van der Waals surface area contributed by atoms with Crippen molar-refractivity contribution in [3.8, 4) is 33.4 Å². The fraction of sp³-hybridized carbons (Fsp3) is 0.0690. The average molecular weight is 418 g/mol. The molecule has 0 unspecified atom stereocenters. The van der Waals surface area contributed by atoms with Gasteiger partial charge in [-0.05, 0) is 68.3 Å². The van der Waals surface area contributed by atoms with Gasteiger partial charge >= 0.3 is 0 Å². The van der Waals surface area contributed by atoms with E-state index in [4.69, 9.17) is 0 Å². The molecule has 5 rings (SSSR count). The smallest absolute Gasteiger partial charge is 0.193 e. The minimum Gasteiger partial charge on any atom is -0.392 e. The van der Waals surface area contributed by atoms with Crippen molar-refractivity contribution >= 4 is 11.4 Å². The zero-order chi connectivity index (χ0) is 22.2. The highest BCUT2D eigenvalue weighted by atomic mass is 16.3. The zero-order valence-electron chi connectivity index (χ0n) is 17.5. The summed E-state index contributed by atoms with van der Waals surface area (Å²) in [6.45, 7) is 4.09. The minimum absolute atomic E-state index is 0.0104. The van der Waals surface area contributed by atoms with Crippen LogP contribution in [0.25, 0.3) is 39.0 Å². The topological polar surface area (TPSA) is 57.5 Å². The van der Waals surface area contributed by atoms with Gasteiger partial charge in [-0.15, -0.1) is 0 Å².